The van der Waals surface area contributed by atoms with E-state index in [1.54, 1.807) is 0 Å². The van der Waals surface area contributed by atoms with Crippen LogP contribution in [0.1, 0.15) is 25.3 Å². The van der Waals surface area contributed by atoms with E-state index in [-0.39, 0.29) is 6.04 Å². The van der Waals surface area contributed by atoms with Crippen LogP contribution in [0.4, 0.5) is 0 Å². The number of carbonyl (C=O) groups excluding carboxylic acids is 1. The van der Waals surface area contributed by atoms with E-state index >= 15 is 0 Å². The summed E-state index contributed by atoms with van der Waals surface area (Å²) >= 11 is 0. The van der Waals surface area contributed by atoms with Crippen LogP contribution in [0.2, 0.25) is 0 Å². The average molecular weight is 248 g/mol. The van der Waals surface area contributed by atoms with Crippen molar-refractivity contribution >= 4 is 5.91 Å². The molecule has 0 saturated carbocycles. The van der Waals surface area contributed by atoms with Crippen molar-refractivity contribution in [3.05, 3.63) is 18.5 Å². The van der Waals surface area contributed by atoms with Crippen molar-refractivity contribution in [2.45, 2.75) is 31.3 Å². The van der Waals surface area contributed by atoms with Gasteiger partial charge in [0.15, 0.2) is 0 Å². The molecule has 0 spiro atoms. The molecule has 18 heavy (non-hydrogen) atoms. The van der Waals surface area contributed by atoms with Gasteiger partial charge in [-0.15, -0.1) is 0 Å². The number of hydrogen-bond donors (Lipinski definition) is 0. The molecule has 0 N–H and O–H groups in total. The molecule has 98 valence electrons. The predicted octanol–water partition coefficient (Wildman–Crippen LogP) is 0.751. The minimum Gasteiger partial charge on any atom is -0.344 e. The van der Waals surface area contributed by atoms with Gasteiger partial charge in [0.2, 0.25) is 5.91 Å². The monoisotopic (exact) mass is 248 g/mol. The lowest BCUT2D eigenvalue weighted by molar-refractivity contribution is -0.137. The Morgan fingerprint density at radius 3 is 2.89 bits per heavy atom. The highest BCUT2D eigenvalue weighted by Gasteiger charge is 2.38. The van der Waals surface area contributed by atoms with Crippen LogP contribution in [0.15, 0.2) is 18.5 Å². The standard InChI is InChI=1S/C13H20N4O/c1-15-7-3-2-5-12(13(15)18)16-9-11(10-16)17-8-4-6-14-17/h4,6,8,11-12H,2-3,5,7,9-10H2,1H3. The van der Waals surface area contributed by atoms with Crippen molar-refractivity contribution in [1.82, 2.24) is 19.6 Å². The molecular weight excluding hydrogens is 228 g/mol. The van der Waals surface area contributed by atoms with Gasteiger partial charge < -0.3 is 4.90 Å². The molecule has 1 atom stereocenters. The smallest absolute Gasteiger partial charge is 0.239 e. The van der Waals surface area contributed by atoms with E-state index in [1.807, 2.05) is 35.1 Å². The maximum atomic E-state index is 12.2. The molecule has 0 aliphatic carbocycles. The Morgan fingerprint density at radius 2 is 2.17 bits per heavy atom. The molecule has 3 rings (SSSR count). The van der Waals surface area contributed by atoms with Gasteiger partial charge in [-0.3, -0.25) is 14.4 Å². The SMILES string of the molecule is CN1CCCCC(N2CC(n3cccn3)C2)C1=O. The summed E-state index contributed by atoms with van der Waals surface area (Å²) in [7, 11) is 1.92. The van der Waals surface area contributed by atoms with Gasteiger partial charge in [0.25, 0.3) is 0 Å². The van der Waals surface area contributed by atoms with Gasteiger partial charge in [-0.25, -0.2) is 0 Å². The molecule has 0 aromatic carbocycles. The first-order chi connectivity index (χ1) is 8.75. The maximum Gasteiger partial charge on any atom is 0.239 e. The number of nitrogens with zero attached hydrogens (tertiary/aromatic N) is 4. The van der Waals surface area contributed by atoms with Gasteiger partial charge >= 0.3 is 0 Å². The summed E-state index contributed by atoms with van der Waals surface area (Å²) in [4.78, 5) is 16.4. The van der Waals surface area contributed by atoms with Crippen LogP contribution in [0.3, 0.4) is 0 Å². The van der Waals surface area contributed by atoms with E-state index in [4.69, 9.17) is 0 Å². The average Bonchev–Trinajstić information content (AvgIpc) is 2.77. The fraction of sp³-hybridized carbons (Fsp3) is 0.692. The summed E-state index contributed by atoms with van der Waals surface area (Å²) in [6, 6.07) is 2.50. The van der Waals surface area contributed by atoms with Crippen molar-refractivity contribution in [2.24, 2.45) is 0 Å². The van der Waals surface area contributed by atoms with Crippen LogP contribution >= 0.6 is 0 Å². The van der Waals surface area contributed by atoms with Crippen molar-refractivity contribution in [1.29, 1.82) is 0 Å². The normalized spacial score (nSPS) is 27.1. The molecule has 1 amide bonds. The molecule has 2 saturated heterocycles. The first-order valence-electron chi connectivity index (χ1n) is 6.74. The molecular formula is C13H20N4O. The van der Waals surface area contributed by atoms with Gasteiger partial charge in [-0.05, 0) is 25.3 Å². The molecule has 2 aliphatic rings. The minimum atomic E-state index is 0.101. The van der Waals surface area contributed by atoms with Crippen LogP contribution in [-0.4, -0.2) is 58.2 Å². The Bertz CT molecular complexity index is 411. The van der Waals surface area contributed by atoms with Crippen LogP contribution in [0.25, 0.3) is 0 Å². The van der Waals surface area contributed by atoms with E-state index < -0.39 is 0 Å². The number of hydrogen-bond acceptors (Lipinski definition) is 3. The van der Waals surface area contributed by atoms with Crippen molar-refractivity contribution in [2.75, 3.05) is 26.7 Å². The number of carbonyl (C=O) groups is 1. The van der Waals surface area contributed by atoms with Gasteiger partial charge in [-0.1, -0.05) is 0 Å². The summed E-state index contributed by atoms with van der Waals surface area (Å²) < 4.78 is 2.00. The molecule has 5 heteroatoms. The molecule has 2 aliphatic heterocycles. The number of likely N-dealkylation sites (N-methyl/N-ethyl adjacent to an activating group) is 1. The maximum absolute atomic E-state index is 12.2. The summed E-state index contributed by atoms with van der Waals surface area (Å²) in [5.41, 5.74) is 0. The van der Waals surface area contributed by atoms with Crippen molar-refractivity contribution < 1.29 is 4.79 Å². The zero-order valence-electron chi connectivity index (χ0n) is 10.8. The van der Waals surface area contributed by atoms with Crippen LogP contribution in [-0.2, 0) is 4.79 Å². The lowest BCUT2D eigenvalue weighted by atomic mass is 10.0. The first kappa shape index (κ1) is 11.7. The third-order valence-corrected chi connectivity index (χ3v) is 4.11. The topological polar surface area (TPSA) is 41.4 Å². The molecule has 0 bridgehead atoms. The Hall–Kier alpha value is -1.36. The second-order valence-electron chi connectivity index (χ2n) is 5.37. The fourth-order valence-electron chi connectivity index (χ4n) is 2.92. The van der Waals surface area contributed by atoms with Crippen LogP contribution in [0, 0.1) is 0 Å². The summed E-state index contributed by atoms with van der Waals surface area (Å²) in [5.74, 6) is 0.298. The number of amides is 1. The molecule has 1 aromatic rings. The van der Waals surface area contributed by atoms with E-state index in [0.717, 1.165) is 38.9 Å². The van der Waals surface area contributed by atoms with Gasteiger partial charge in [-0.2, -0.15) is 5.10 Å². The van der Waals surface area contributed by atoms with Gasteiger partial charge in [0.1, 0.15) is 0 Å². The minimum absolute atomic E-state index is 0.101. The summed E-state index contributed by atoms with van der Waals surface area (Å²) in [5, 5.41) is 4.26. The van der Waals surface area contributed by atoms with Crippen molar-refractivity contribution in [3.8, 4) is 0 Å². The molecule has 2 fully saturated rings. The lowest BCUT2D eigenvalue weighted by Crippen LogP contribution is -2.57. The summed E-state index contributed by atoms with van der Waals surface area (Å²) in [6.45, 7) is 2.81. The Balaban J connectivity index is 1.61. The second kappa shape index (κ2) is 4.72. The third kappa shape index (κ3) is 2.03. The number of aromatic nitrogens is 2. The van der Waals surface area contributed by atoms with Crippen molar-refractivity contribution in [3.63, 3.8) is 0 Å². The number of rotatable bonds is 2. The third-order valence-electron chi connectivity index (χ3n) is 4.11. The fourth-order valence-corrected chi connectivity index (χ4v) is 2.92. The summed E-state index contributed by atoms with van der Waals surface area (Å²) in [6.07, 6.45) is 7.12. The Kier molecular flexibility index (Phi) is 3.07. The zero-order chi connectivity index (χ0) is 12.5. The lowest BCUT2D eigenvalue weighted by Gasteiger charge is -2.43. The van der Waals surface area contributed by atoms with Crippen LogP contribution < -0.4 is 0 Å². The molecule has 1 aromatic heterocycles. The van der Waals surface area contributed by atoms with E-state index in [9.17, 15) is 4.79 Å². The van der Waals surface area contributed by atoms with E-state index in [1.165, 1.54) is 0 Å². The Morgan fingerprint density at radius 1 is 1.33 bits per heavy atom. The number of likely N-dealkylation sites (tertiary alicyclic amines) is 2. The molecule has 0 radical (unpaired) electrons. The van der Waals surface area contributed by atoms with Gasteiger partial charge in [0.05, 0.1) is 12.1 Å². The highest BCUT2D eigenvalue weighted by atomic mass is 16.2. The molecule has 1 unspecified atom stereocenters. The second-order valence-corrected chi connectivity index (χ2v) is 5.37. The largest absolute Gasteiger partial charge is 0.344 e. The quantitative estimate of drug-likeness (QED) is 0.775. The highest BCUT2D eigenvalue weighted by Crippen LogP contribution is 2.27. The van der Waals surface area contributed by atoms with Gasteiger partial charge in [0, 0.05) is 39.1 Å². The highest BCUT2D eigenvalue weighted by molar-refractivity contribution is 5.82. The van der Waals surface area contributed by atoms with E-state index in [2.05, 4.69) is 10.00 Å². The zero-order valence-corrected chi connectivity index (χ0v) is 10.8. The molecule has 3 heterocycles. The predicted molar refractivity (Wildman–Crippen MR) is 68.1 cm³/mol. The van der Waals surface area contributed by atoms with Crippen LogP contribution in [0.5, 0.6) is 0 Å². The Labute approximate surface area is 107 Å². The first-order valence-corrected chi connectivity index (χ1v) is 6.74. The molecule has 5 nitrogen and oxygen atoms in total. The van der Waals surface area contributed by atoms with E-state index in [0.29, 0.717) is 11.9 Å².